The van der Waals surface area contributed by atoms with Crippen molar-refractivity contribution in [1.29, 1.82) is 0 Å². The molecule has 0 bridgehead atoms. The summed E-state index contributed by atoms with van der Waals surface area (Å²) in [4.78, 5) is 12.6. The van der Waals surface area contributed by atoms with Gasteiger partial charge >= 0.3 is 0 Å². The van der Waals surface area contributed by atoms with Gasteiger partial charge in [-0.05, 0) is 38.1 Å². The third kappa shape index (κ3) is 4.30. The molecule has 2 aromatic carbocycles. The summed E-state index contributed by atoms with van der Waals surface area (Å²) in [6.45, 7) is 3.51. The third-order valence-corrected chi connectivity index (χ3v) is 5.83. The van der Waals surface area contributed by atoms with E-state index in [2.05, 4.69) is 5.32 Å². The lowest BCUT2D eigenvalue weighted by atomic mass is 10.2. The number of benzene rings is 2. The van der Waals surface area contributed by atoms with Gasteiger partial charge in [0.2, 0.25) is 22.7 Å². The monoisotopic (exact) mass is 406 g/mol. The van der Waals surface area contributed by atoms with Crippen molar-refractivity contribution < 1.29 is 27.4 Å². The van der Waals surface area contributed by atoms with Crippen LogP contribution in [0.25, 0.3) is 0 Å². The topological polar surface area (TPSA) is 94.2 Å². The van der Waals surface area contributed by atoms with Crippen molar-refractivity contribution in [3.05, 3.63) is 42.5 Å². The number of para-hydroxylation sites is 2. The zero-order valence-corrected chi connectivity index (χ0v) is 16.5. The number of ether oxygens (including phenoxy) is 3. The minimum absolute atomic E-state index is 0.0774. The highest BCUT2D eigenvalue weighted by Gasteiger charge is 2.26. The predicted octanol–water partition coefficient (Wildman–Crippen LogP) is 2.61. The Balaban J connectivity index is 1.84. The number of fused-ring (bicyclic) bond motifs is 1. The molecule has 0 saturated heterocycles. The highest BCUT2D eigenvalue weighted by Crippen LogP contribution is 2.36. The molecule has 9 heteroatoms. The number of amides is 1. The highest BCUT2D eigenvalue weighted by molar-refractivity contribution is 7.92. The molecule has 1 aliphatic heterocycles. The van der Waals surface area contributed by atoms with Gasteiger partial charge in [-0.3, -0.25) is 9.10 Å². The number of rotatable bonds is 8. The summed E-state index contributed by atoms with van der Waals surface area (Å²) in [6.07, 6.45) is 0. The molecule has 0 radical (unpaired) electrons. The maximum Gasteiger partial charge on any atom is 0.245 e. The van der Waals surface area contributed by atoms with Gasteiger partial charge in [0.15, 0.2) is 11.5 Å². The van der Waals surface area contributed by atoms with E-state index in [4.69, 9.17) is 14.2 Å². The van der Waals surface area contributed by atoms with Crippen LogP contribution in [0.4, 0.5) is 11.4 Å². The van der Waals surface area contributed by atoms with Gasteiger partial charge in [-0.25, -0.2) is 8.42 Å². The number of nitrogens with one attached hydrogen (secondary N) is 1. The van der Waals surface area contributed by atoms with Gasteiger partial charge in [-0.2, -0.15) is 0 Å². The fourth-order valence-corrected chi connectivity index (χ4v) is 3.78. The fourth-order valence-electron chi connectivity index (χ4n) is 2.72. The van der Waals surface area contributed by atoms with Crippen LogP contribution in [0.15, 0.2) is 42.5 Å². The molecule has 1 heterocycles. The highest BCUT2D eigenvalue weighted by atomic mass is 32.2. The number of hydrogen-bond acceptors (Lipinski definition) is 6. The van der Waals surface area contributed by atoms with Crippen molar-refractivity contribution in [1.82, 2.24) is 0 Å². The Morgan fingerprint density at radius 1 is 1.14 bits per heavy atom. The van der Waals surface area contributed by atoms with E-state index >= 15 is 0 Å². The van der Waals surface area contributed by atoms with Gasteiger partial charge in [-0.15, -0.1) is 0 Å². The van der Waals surface area contributed by atoms with Crippen molar-refractivity contribution in [3.8, 4) is 17.2 Å². The van der Waals surface area contributed by atoms with Crippen LogP contribution in [0.5, 0.6) is 17.2 Å². The summed E-state index contributed by atoms with van der Waals surface area (Å²) in [5, 5.41) is 2.72. The summed E-state index contributed by atoms with van der Waals surface area (Å²) in [7, 11) is -3.69. The first-order chi connectivity index (χ1) is 13.4. The molecular formula is C19H22N2O6S. The number of carbonyl (C=O) groups is 1. The summed E-state index contributed by atoms with van der Waals surface area (Å²) in [6, 6.07) is 11.7. The van der Waals surface area contributed by atoms with Gasteiger partial charge in [-0.1, -0.05) is 12.1 Å². The molecular weight excluding hydrogens is 384 g/mol. The van der Waals surface area contributed by atoms with Crippen LogP contribution in [-0.4, -0.2) is 40.0 Å². The SMILES string of the molecule is CCOc1ccccc1NC(=O)CN(c1ccc2c(c1)OCO2)S(=O)(=O)CC. The van der Waals surface area contributed by atoms with Crippen LogP contribution in [0.3, 0.4) is 0 Å². The van der Waals surface area contributed by atoms with Gasteiger partial charge < -0.3 is 19.5 Å². The number of hydrogen-bond donors (Lipinski definition) is 1. The molecule has 0 atom stereocenters. The molecule has 8 nitrogen and oxygen atoms in total. The van der Waals surface area contributed by atoms with Crippen LogP contribution in [0.1, 0.15) is 13.8 Å². The van der Waals surface area contributed by atoms with E-state index in [1.165, 1.54) is 6.92 Å². The van der Waals surface area contributed by atoms with Crippen molar-refractivity contribution in [2.24, 2.45) is 0 Å². The number of nitrogens with zero attached hydrogens (tertiary/aromatic N) is 1. The normalized spacial score (nSPS) is 12.5. The Kier molecular flexibility index (Phi) is 5.93. The standard InChI is InChI=1S/C19H22N2O6S/c1-3-25-16-8-6-5-7-15(16)20-19(22)12-21(28(23,24)4-2)14-9-10-17-18(11-14)27-13-26-17/h5-11H,3-4,12-13H2,1-2H3,(H,20,22). The quantitative estimate of drug-likeness (QED) is 0.724. The second-order valence-electron chi connectivity index (χ2n) is 5.92. The zero-order valence-electron chi connectivity index (χ0n) is 15.7. The second-order valence-corrected chi connectivity index (χ2v) is 8.10. The molecule has 2 aromatic rings. The molecule has 1 aliphatic rings. The molecule has 1 N–H and O–H groups in total. The van der Waals surface area contributed by atoms with Crippen molar-refractivity contribution in [2.75, 3.05) is 35.3 Å². The fraction of sp³-hybridized carbons (Fsp3) is 0.316. The lowest BCUT2D eigenvalue weighted by molar-refractivity contribution is -0.114. The lowest BCUT2D eigenvalue weighted by Gasteiger charge is -2.23. The minimum atomic E-state index is -3.69. The first-order valence-corrected chi connectivity index (χ1v) is 10.5. The molecule has 150 valence electrons. The first-order valence-electron chi connectivity index (χ1n) is 8.86. The Labute approximate surface area is 164 Å². The molecule has 0 fully saturated rings. The van der Waals surface area contributed by atoms with Crippen LogP contribution in [-0.2, 0) is 14.8 Å². The molecule has 0 aromatic heterocycles. The summed E-state index contributed by atoms with van der Waals surface area (Å²) in [5.41, 5.74) is 0.813. The Morgan fingerprint density at radius 2 is 1.89 bits per heavy atom. The molecule has 28 heavy (non-hydrogen) atoms. The third-order valence-electron chi connectivity index (χ3n) is 4.09. The van der Waals surface area contributed by atoms with E-state index in [1.54, 1.807) is 42.5 Å². The summed E-state index contributed by atoms with van der Waals surface area (Å²) >= 11 is 0. The van der Waals surface area contributed by atoms with Gasteiger partial charge in [0.25, 0.3) is 0 Å². The van der Waals surface area contributed by atoms with Gasteiger partial charge in [0, 0.05) is 6.07 Å². The van der Waals surface area contributed by atoms with E-state index in [9.17, 15) is 13.2 Å². The molecule has 1 amide bonds. The predicted molar refractivity (Wildman–Crippen MR) is 106 cm³/mol. The Morgan fingerprint density at radius 3 is 2.64 bits per heavy atom. The Hall–Kier alpha value is -2.94. The molecule has 0 spiro atoms. The van der Waals surface area contributed by atoms with Crippen LogP contribution >= 0.6 is 0 Å². The number of sulfonamides is 1. The minimum Gasteiger partial charge on any atom is -0.492 e. The molecule has 0 aliphatic carbocycles. The average molecular weight is 406 g/mol. The van der Waals surface area contributed by atoms with Crippen molar-refractivity contribution >= 4 is 27.3 Å². The molecule has 0 unspecified atom stereocenters. The molecule has 0 saturated carbocycles. The van der Waals surface area contributed by atoms with E-state index in [0.717, 1.165) is 4.31 Å². The van der Waals surface area contributed by atoms with Crippen molar-refractivity contribution in [2.45, 2.75) is 13.8 Å². The van der Waals surface area contributed by atoms with Crippen LogP contribution < -0.4 is 23.8 Å². The largest absolute Gasteiger partial charge is 0.492 e. The second kappa shape index (κ2) is 8.39. The zero-order chi connectivity index (χ0) is 20.1. The maximum atomic E-state index is 12.6. The first kappa shape index (κ1) is 19.8. The Bertz CT molecular complexity index is 961. The van der Waals surface area contributed by atoms with E-state index < -0.39 is 15.9 Å². The smallest absolute Gasteiger partial charge is 0.245 e. The molecule has 3 rings (SSSR count). The van der Waals surface area contributed by atoms with Crippen LogP contribution in [0, 0.1) is 0 Å². The van der Waals surface area contributed by atoms with Gasteiger partial charge in [0.05, 0.1) is 23.7 Å². The van der Waals surface area contributed by atoms with Gasteiger partial charge in [0.1, 0.15) is 12.3 Å². The average Bonchev–Trinajstić information content (AvgIpc) is 3.15. The maximum absolute atomic E-state index is 12.6. The lowest BCUT2D eigenvalue weighted by Crippen LogP contribution is -2.39. The van der Waals surface area contributed by atoms with Crippen LogP contribution in [0.2, 0.25) is 0 Å². The van der Waals surface area contributed by atoms with Crippen molar-refractivity contribution in [3.63, 3.8) is 0 Å². The number of carbonyl (C=O) groups excluding carboxylic acids is 1. The number of anilines is 2. The van der Waals surface area contributed by atoms with E-state index in [1.807, 2.05) is 6.92 Å². The summed E-state index contributed by atoms with van der Waals surface area (Å²) in [5.74, 6) is 0.862. The summed E-state index contributed by atoms with van der Waals surface area (Å²) < 4.78 is 42.3. The van der Waals surface area contributed by atoms with E-state index in [-0.39, 0.29) is 19.1 Å². The van der Waals surface area contributed by atoms with E-state index in [0.29, 0.717) is 35.2 Å².